The van der Waals surface area contributed by atoms with Crippen molar-refractivity contribution in [2.24, 2.45) is 5.92 Å². The highest BCUT2D eigenvalue weighted by molar-refractivity contribution is 5.46. The fourth-order valence-electron chi connectivity index (χ4n) is 2.56. The summed E-state index contributed by atoms with van der Waals surface area (Å²) in [5.74, 6) is 2.69. The highest BCUT2D eigenvalue weighted by Gasteiger charge is 2.15. The summed E-state index contributed by atoms with van der Waals surface area (Å²) in [6.45, 7) is 6.58. The van der Waals surface area contributed by atoms with Gasteiger partial charge in [-0.2, -0.15) is 0 Å². The fourth-order valence-corrected chi connectivity index (χ4v) is 2.56. The van der Waals surface area contributed by atoms with E-state index in [1.807, 2.05) is 6.07 Å². The van der Waals surface area contributed by atoms with Gasteiger partial charge in [-0.15, -0.1) is 0 Å². The third kappa shape index (κ3) is 4.96. The number of rotatable bonds is 7. The number of likely N-dealkylation sites (tertiary alicyclic amines) is 1. The summed E-state index contributed by atoms with van der Waals surface area (Å²) in [6, 6.07) is 1.99. The van der Waals surface area contributed by atoms with Crippen LogP contribution in [0.2, 0.25) is 0 Å². The van der Waals surface area contributed by atoms with E-state index in [9.17, 15) is 0 Å². The summed E-state index contributed by atoms with van der Waals surface area (Å²) in [6.07, 6.45) is 6.60. The lowest BCUT2D eigenvalue weighted by Gasteiger charge is -2.28. The van der Waals surface area contributed by atoms with Gasteiger partial charge in [-0.25, -0.2) is 9.97 Å². The van der Waals surface area contributed by atoms with Crippen molar-refractivity contribution in [3.05, 3.63) is 12.4 Å². The van der Waals surface area contributed by atoms with Crippen LogP contribution in [0, 0.1) is 5.92 Å². The molecular formula is C15H27N5. The lowest BCUT2D eigenvalue weighted by atomic mass is 9.94. The molecule has 0 atom stereocenters. The van der Waals surface area contributed by atoms with Crippen molar-refractivity contribution >= 4 is 11.6 Å². The van der Waals surface area contributed by atoms with E-state index in [0.29, 0.717) is 0 Å². The summed E-state index contributed by atoms with van der Waals surface area (Å²) in [5.41, 5.74) is 0. The Morgan fingerprint density at radius 3 is 2.45 bits per heavy atom. The highest BCUT2D eigenvalue weighted by atomic mass is 15.1. The highest BCUT2D eigenvalue weighted by Crippen LogP contribution is 2.19. The Bertz CT molecular complexity index is 388. The summed E-state index contributed by atoms with van der Waals surface area (Å²) in [7, 11) is 2.21. The van der Waals surface area contributed by atoms with Gasteiger partial charge in [0.2, 0.25) is 0 Å². The van der Waals surface area contributed by atoms with Crippen molar-refractivity contribution < 1.29 is 0 Å². The molecule has 0 bridgehead atoms. The maximum absolute atomic E-state index is 4.27. The predicted molar refractivity (Wildman–Crippen MR) is 84.1 cm³/mol. The van der Waals surface area contributed by atoms with Crippen LogP contribution < -0.4 is 10.6 Å². The average molecular weight is 277 g/mol. The predicted octanol–water partition coefficient (Wildman–Crippen LogP) is 2.44. The molecule has 1 fully saturated rings. The monoisotopic (exact) mass is 277 g/mol. The largest absolute Gasteiger partial charge is 0.370 e. The average Bonchev–Trinajstić information content (AvgIpc) is 2.48. The van der Waals surface area contributed by atoms with Gasteiger partial charge in [0.1, 0.15) is 18.0 Å². The Hall–Kier alpha value is -1.36. The summed E-state index contributed by atoms with van der Waals surface area (Å²) in [5, 5.41) is 6.70. The van der Waals surface area contributed by atoms with Gasteiger partial charge >= 0.3 is 0 Å². The first-order valence-electron chi connectivity index (χ1n) is 7.76. The van der Waals surface area contributed by atoms with Gasteiger partial charge in [0.25, 0.3) is 0 Å². The second-order valence-electron chi connectivity index (χ2n) is 5.68. The van der Waals surface area contributed by atoms with Crippen LogP contribution in [0.1, 0.15) is 32.6 Å². The lowest BCUT2D eigenvalue weighted by molar-refractivity contribution is 0.215. The molecule has 2 N–H and O–H groups in total. The Labute approximate surface area is 122 Å². The molecule has 2 rings (SSSR count). The minimum atomic E-state index is 0.859. The third-order valence-corrected chi connectivity index (χ3v) is 3.92. The van der Waals surface area contributed by atoms with Crippen molar-refractivity contribution in [3.8, 4) is 0 Å². The first-order valence-corrected chi connectivity index (χ1v) is 7.76. The molecule has 112 valence electrons. The first-order chi connectivity index (χ1) is 9.78. The van der Waals surface area contributed by atoms with E-state index in [2.05, 4.69) is 39.5 Å². The molecule has 5 heteroatoms. The molecule has 0 radical (unpaired) electrons. The minimum Gasteiger partial charge on any atom is -0.370 e. The molecule has 0 aliphatic carbocycles. The maximum atomic E-state index is 4.27. The molecule has 1 aromatic heterocycles. The van der Waals surface area contributed by atoms with Gasteiger partial charge in [0.15, 0.2) is 0 Å². The van der Waals surface area contributed by atoms with Gasteiger partial charge in [-0.05, 0) is 51.7 Å². The summed E-state index contributed by atoms with van der Waals surface area (Å²) >= 11 is 0. The number of anilines is 2. The van der Waals surface area contributed by atoms with E-state index in [4.69, 9.17) is 0 Å². The van der Waals surface area contributed by atoms with Crippen LogP contribution in [0.15, 0.2) is 12.4 Å². The Kier molecular flexibility index (Phi) is 6.05. The van der Waals surface area contributed by atoms with Gasteiger partial charge in [-0.3, -0.25) is 0 Å². The van der Waals surface area contributed by atoms with Gasteiger partial charge in [0, 0.05) is 19.2 Å². The van der Waals surface area contributed by atoms with Crippen molar-refractivity contribution in [2.45, 2.75) is 32.6 Å². The summed E-state index contributed by atoms with van der Waals surface area (Å²) < 4.78 is 0. The van der Waals surface area contributed by atoms with Crippen molar-refractivity contribution in [1.82, 2.24) is 14.9 Å². The van der Waals surface area contributed by atoms with E-state index in [1.165, 1.54) is 32.4 Å². The molecule has 20 heavy (non-hydrogen) atoms. The molecule has 1 aliphatic heterocycles. The fraction of sp³-hybridized carbons (Fsp3) is 0.733. The van der Waals surface area contributed by atoms with Crippen LogP contribution >= 0.6 is 0 Å². The first kappa shape index (κ1) is 15.0. The van der Waals surface area contributed by atoms with E-state index in [1.54, 1.807) is 6.33 Å². The minimum absolute atomic E-state index is 0.859. The number of aromatic nitrogens is 2. The smallest absolute Gasteiger partial charge is 0.131 e. The van der Waals surface area contributed by atoms with Crippen molar-refractivity contribution in [3.63, 3.8) is 0 Å². The molecule has 0 saturated carbocycles. The molecule has 0 spiro atoms. The second kappa shape index (κ2) is 8.04. The molecule has 5 nitrogen and oxygen atoms in total. The van der Waals surface area contributed by atoms with Crippen molar-refractivity contribution in [1.29, 1.82) is 0 Å². The van der Waals surface area contributed by atoms with Gasteiger partial charge < -0.3 is 15.5 Å². The number of hydrogen-bond donors (Lipinski definition) is 2. The van der Waals surface area contributed by atoms with Crippen LogP contribution in [0.25, 0.3) is 0 Å². The standard InChI is InChI=1S/C15H27N5/c1-3-7-16-14-11-15(19-12-18-14)17-8-4-13-5-9-20(2)10-6-13/h11-13H,3-10H2,1-2H3,(H2,16,17,18,19). The molecule has 0 unspecified atom stereocenters. The second-order valence-corrected chi connectivity index (χ2v) is 5.68. The normalized spacial score (nSPS) is 17.1. The van der Waals surface area contributed by atoms with Crippen LogP contribution in [-0.4, -0.2) is 48.1 Å². The number of piperidine rings is 1. The van der Waals surface area contributed by atoms with Gasteiger partial charge in [-0.1, -0.05) is 6.92 Å². The SMILES string of the molecule is CCCNc1cc(NCCC2CCN(C)CC2)ncn1. The Balaban J connectivity index is 1.70. The molecular weight excluding hydrogens is 250 g/mol. The van der Waals surface area contributed by atoms with Crippen LogP contribution in [0.3, 0.4) is 0 Å². The van der Waals surface area contributed by atoms with Crippen LogP contribution in [0.4, 0.5) is 11.6 Å². The van der Waals surface area contributed by atoms with E-state index < -0.39 is 0 Å². The molecule has 0 aromatic carbocycles. The van der Waals surface area contributed by atoms with Gasteiger partial charge in [0.05, 0.1) is 0 Å². The van der Waals surface area contributed by atoms with Crippen LogP contribution in [0.5, 0.6) is 0 Å². The lowest BCUT2D eigenvalue weighted by Crippen LogP contribution is -2.30. The zero-order valence-corrected chi connectivity index (χ0v) is 12.7. The molecule has 1 saturated heterocycles. The molecule has 1 aliphatic rings. The number of hydrogen-bond acceptors (Lipinski definition) is 5. The molecule has 1 aromatic rings. The topological polar surface area (TPSA) is 53.1 Å². The molecule has 0 amide bonds. The van der Waals surface area contributed by atoms with Crippen molar-refractivity contribution in [2.75, 3.05) is 43.9 Å². The number of nitrogens with zero attached hydrogens (tertiary/aromatic N) is 3. The Morgan fingerprint density at radius 2 is 1.80 bits per heavy atom. The third-order valence-electron chi connectivity index (χ3n) is 3.92. The quantitative estimate of drug-likeness (QED) is 0.802. The summed E-state index contributed by atoms with van der Waals surface area (Å²) in [4.78, 5) is 10.9. The zero-order chi connectivity index (χ0) is 14.2. The zero-order valence-electron chi connectivity index (χ0n) is 12.7. The van der Waals surface area contributed by atoms with Crippen LogP contribution in [-0.2, 0) is 0 Å². The maximum Gasteiger partial charge on any atom is 0.131 e. The number of nitrogens with one attached hydrogen (secondary N) is 2. The van der Waals surface area contributed by atoms with E-state index in [-0.39, 0.29) is 0 Å². The van der Waals surface area contributed by atoms with E-state index >= 15 is 0 Å². The van der Waals surface area contributed by atoms with E-state index in [0.717, 1.165) is 37.1 Å². The Morgan fingerprint density at radius 1 is 1.15 bits per heavy atom. The molecule has 2 heterocycles.